The lowest BCUT2D eigenvalue weighted by atomic mass is 9.93. The van der Waals surface area contributed by atoms with Crippen LogP contribution in [0.15, 0.2) is 53.1 Å². The molecule has 1 aliphatic rings. The maximum atomic E-state index is 12.7. The van der Waals surface area contributed by atoms with Gasteiger partial charge in [-0.3, -0.25) is 9.59 Å². The molecule has 0 bridgehead atoms. The second-order valence-electron chi connectivity index (χ2n) is 8.55. The number of carbonyl (C=O) groups is 2. The monoisotopic (exact) mass is 447 g/mol. The standard InChI is InChI=1S/C26H29N3O4/c1-17-4-7-21(14-18(17)2)27-26(31)24-16-23(28-33-24)20-10-12-29(13-11-20)25(30)15-19-5-8-22(32-3)9-6-19/h4-9,14,16,20H,10-13,15H2,1-3H3,(H,27,31). The van der Waals surface area contributed by atoms with Crippen molar-refractivity contribution < 1.29 is 18.8 Å². The lowest BCUT2D eigenvalue weighted by molar-refractivity contribution is -0.131. The first-order valence-corrected chi connectivity index (χ1v) is 11.2. The molecular formula is C26H29N3O4. The first kappa shape index (κ1) is 22.6. The van der Waals surface area contributed by atoms with Crippen molar-refractivity contribution in [2.45, 2.75) is 39.0 Å². The Balaban J connectivity index is 1.30. The van der Waals surface area contributed by atoms with Crippen molar-refractivity contribution in [2.75, 3.05) is 25.5 Å². The lowest BCUT2D eigenvalue weighted by Crippen LogP contribution is -2.38. The van der Waals surface area contributed by atoms with Gasteiger partial charge in [0.25, 0.3) is 5.91 Å². The fourth-order valence-electron chi connectivity index (χ4n) is 4.05. The van der Waals surface area contributed by atoms with Gasteiger partial charge < -0.3 is 19.5 Å². The van der Waals surface area contributed by atoms with Gasteiger partial charge in [-0.1, -0.05) is 23.4 Å². The van der Waals surface area contributed by atoms with Crippen LogP contribution in [0, 0.1) is 13.8 Å². The van der Waals surface area contributed by atoms with Crippen molar-refractivity contribution in [1.29, 1.82) is 0 Å². The number of ether oxygens (including phenoxy) is 1. The third-order valence-electron chi connectivity index (χ3n) is 6.30. The summed E-state index contributed by atoms with van der Waals surface area (Å²) < 4.78 is 10.5. The molecule has 0 saturated carbocycles. The van der Waals surface area contributed by atoms with Gasteiger partial charge in [0.15, 0.2) is 0 Å². The van der Waals surface area contributed by atoms with E-state index in [4.69, 9.17) is 9.26 Å². The summed E-state index contributed by atoms with van der Waals surface area (Å²) in [5.74, 6) is 0.946. The van der Waals surface area contributed by atoms with E-state index < -0.39 is 0 Å². The van der Waals surface area contributed by atoms with E-state index in [2.05, 4.69) is 10.5 Å². The van der Waals surface area contributed by atoms with Gasteiger partial charge >= 0.3 is 0 Å². The summed E-state index contributed by atoms with van der Waals surface area (Å²) in [4.78, 5) is 27.1. The zero-order valence-electron chi connectivity index (χ0n) is 19.3. The molecule has 0 atom stereocenters. The summed E-state index contributed by atoms with van der Waals surface area (Å²) >= 11 is 0. The SMILES string of the molecule is COc1ccc(CC(=O)N2CCC(c3cc(C(=O)Nc4ccc(C)c(C)c4)on3)CC2)cc1. The summed E-state index contributed by atoms with van der Waals surface area (Å²) in [6.45, 7) is 5.36. The van der Waals surface area contributed by atoms with E-state index in [1.807, 2.05) is 61.2 Å². The fraction of sp³-hybridized carbons (Fsp3) is 0.346. The average Bonchev–Trinajstić information content (AvgIpc) is 3.33. The van der Waals surface area contributed by atoms with Gasteiger partial charge in [-0.05, 0) is 67.6 Å². The van der Waals surface area contributed by atoms with Crippen molar-refractivity contribution in [3.63, 3.8) is 0 Å². The summed E-state index contributed by atoms with van der Waals surface area (Å²) in [6.07, 6.45) is 1.96. The number of hydrogen-bond acceptors (Lipinski definition) is 5. The Morgan fingerprint density at radius 2 is 1.79 bits per heavy atom. The minimum Gasteiger partial charge on any atom is -0.497 e. The Hall–Kier alpha value is -3.61. The lowest BCUT2D eigenvalue weighted by Gasteiger charge is -2.31. The molecule has 33 heavy (non-hydrogen) atoms. The number of benzene rings is 2. The zero-order chi connectivity index (χ0) is 23.4. The average molecular weight is 448 g/mol. The van der Waals surface area contributed by atoms with Crippen LogP contribution in [0.25, 0.3) is 0 Å². The zero-order valence-corrected chi connectivity index (χ0v) is 19.3. The highest BCUT2D eigenvalue weighted by molar-refractivity contribution is 6.02. The molecule has 2 aromatic carbocycles. The predicted molar refractivity (Wildman–Crippen MR) is 126 cm³/mol. The Morgan fingerprint density at radius 3 is 2.45 bits per heavy atom. The molecule has 0 radical (unpaired) electrons. The number of nitrogens with one attached hydrogen (secondary N) is 1. The molecule has 0 aliphatic carbocycles. The van der Waals surface area contributed by atoms with Crippen LogP contribution < -0.4 is 10.1 Å². The highest BCUT2D eigenvalue weighted by Crippen LogP contribution is 2.28. The van der Waals surface area contributed by atoms with Gasteiger partial charge in [-0.15, -0.1) is 0 Å². The molecule has 7 nitrogen and oxygen atoms in total. The smallest absolute Gasteiger partial charge is 0.294 e. The van der Waals surface area contributed by atoms with Crippen LogP contribution in [0.5, 0.6) is 5.75 Å². The van der Waals surface area contributed by atoms with Crippen LogP contribution in [0.2, 0.25) is 0 Å². The third-order valence-corrected chi connectivity index (χ3v) is 6.30. The van der Waals surface area contributed by atoms with Crippen LogP contribution in [0.3, 0.4) is 0 Å². The number of hydrogen-bond donors (Lipinski definition) is 1. The molecule has 2 heterocycles. The fourth-order valence-corrected chi connectivity index (χ4v) is 4.05. The topological polar surface area (TPSA) is 84.7 Å². The van der Waals surface area contributed by atoms with Crippen molar-refractivity contribution in [3.05, 3.63) is 76.7 Å². The van der Waals surface area contributed by atoms with E-state index in [-0.39, 0.29) is 23.5 Å². The Morgan fingerprint density at radius 1 is 1.06 bits per heavy atom. The van der Waals surface area contributed by atoms with Crippen LogP contribution in [0.4, 0.5) is 5.69 Å². The number of methoxy groups -OCH3 is 1. The van der Waals surface area contributed by atoms with E-state index in [0.717, 1.165) is 41.1 Å². The number of amides is 2. The van der Waals surface area contributed by atoms with Crippen LogP contribution in [-0.2, 0) is 11.2 Å². The largest absolute Gasteiger partial charge is 0.497 e. The molecule has 4 rings (SSSR count). The van der Waals surface area contributed by atoms with Gasteiger partial charge in [0.2, 0.25) is 11.7 Å². The molecule has 1 aromatic heterocycles. The molecular weight excluding hydrogens is 418 g/mol. The van der Waals surface area contributed by atoms with Gasteiger partial charge in [0.1, 0.15) is 5.75 Å². The van der Waals surface area contributed by atoms with Crippen LogP contribution in [0.1, 0.15) is 51.7 Å². The first-order valence-electron chi connectivity index (χ1n) is 11.2. The number of aryl methyl sites for hydroxylation is 2. The van der Waals surface area contributed by atoms with Crippen molar-refractivity contribution in [2.24, 2.45) is 0 Å². The summed E-state index contributed by atoms with van der Waals surface area (Å²) in [5, 5.41) is 7.00. The molecule has 172 valence electrons. The van der Waals surface area contributed by atoms with Crippen molar-refractivity contribution in [3.8, 4) is 5.75 Å². The van der Waals surface area contributed by atoms with Gasteiger partial charge in [-0.25, -0.2) is 0 Å². The number of aromatic nitrogens is 1. The number of piperidine rings is 1. The molecule has 0 spiro atoms. The molecule has 7 heteroatoms. The summed E-state index contributed by atoms with van der Waals surface area (Å²) in [6, 6.07) is 15.1. The number of rotatable bonds is 6. The van der Waals surface area contributed by atoms with Gasteiger partial charge in [0.05, 0.1) is 19.2 Å². The van der Waals surface area contributed by atoms with Gasteiger partial charge in [-0.2, -0.15) is 0 Å². The van der Waals surface area contributed by atoms with Crippen LogP contribution in [-0.4, -0.2) is 42.1 Å². The summed E-state index contributed by atoms with van der Waals surface area (Å²) in [7, 11) is 1.62. The molecule has 1 N–H and O–H groups in total. The van der Waals surface area contributed by atoms with E-state index in [0.29, 0.717) is 19.5 Å². The van der Waals surface area contributed by atoms with Crippen LogP contribution >= 0.6 is 0 Å². The highest BCUT2D eigenvalue weighted by Gasteiger charge is 2.27. The van der Waals surface area contributed by atoms with E-state index in [1.54, 1.807) is 13.2 Å². The van der Waals surface area contributed by atoms with E-state index >= 15 is 0 Å². The number of anilines is 1. The number of nitrogens with zero attached hydrogens (tertiary/aromatic N) is 2. The molecule has 2 amide bonds. The van der Waals surface area contributed by atoms with E-state index in [9.17, 15) is 9.59 Å². The first-order chi connectivity index (χ1) is 15.9. The summed E-state index contributed by atoms with van der Waals surface area (Å²) in [5.41, 5.74) is 4.74. The Kier molecular flexibility index (Phi) is 6.77. The molecule has 1 saturated heterocycles. The highest BCUT2D eigenvalue weighted by atomic mass is 16.5. The van der Waals surface area contributed by atoms with Gasteiger partial charge in [0, 0.05) is 30.8 Å². The maximum Gasteiger partial charge on any atom is 0.294 e. The van der Waals surface area contributed by atoms with Crippen molar-refractivity contribution in [1.82, 2.24) is 10.1 Å². The second kappa shape index (κ2) is 9.90. The normalized spacial score (nSPS) is 14.2. The second-order valence-corrected chi connectivity index (χ2v) is 8.55. The van der Waals surface area contributed by atoms with Crippen molar-refractivity contribution >= 4 is 17.5 Å². The molecule has 0 unspecified atom stereocenters. The maximum absolute atomic E-state index is 12.7. The quantitative estimate of drug-likeness (QED) is 0.601. The Bertz CT molecular complexity index is 1130. The molecule has 3 aromatic rings. The number of likely N-dealkylation sites (tertiary alicyclic amines) is 1. The minimum atomic E-state index is -0.316. The predicted octanol–water partition coefficient (Wildman–Crippen LogP) is 4.50. The molecule has 1 aliphatic heterocycles. The Labute approximate surface area is 193 Å². The number of carbonyl (C=O) groups excluding carboxylic acids is 2. The van der Waals surface area contributed by atoms with E-state index in [1.165, 1.54) is 5.56 Å². The third kappa shape index (κ3) is 5.42. The molecule has 1 fully saturated rings. The minimum absolute atomic E-state index is 0.118.